The van der Waals surface area contributed by atoms with Crippen LogP contribution in [0.1, 0.15) is 12.8 Å². The summed E-state index contributed by atoms with van der Waals surface area (Å²) < 4.78 is 1.87. The minimum absolute atomic E-state index is 0.688. The van der Waals surface area contributed by atoms with Crippen LogP contribution in [0.5, 0.6) is 0 Å². The molecule has 1 aromatic heterocycles. The molecule has 0 aliphatic heterocycles. The lowest BCUT2D eigenvalue weighted by Gasteiger charge is -2.00. The Bertz CT molecular complexity index is 453. The zero-order chi connectivity index (χ0) is 10.7. The van der Waals surface area contributed by atoms with Gasteiger partial charge in [0.2, 0.25) is 0 Å². The second-order valence-electron chi connectivity index (χ2n) is 3.34. The first-order valence-electron chi connectivity index (χ1n) is 4.86. The summed E-state index contributed by atoms with van der Waals surface area (Å²) in [5, 5.41) is 8.84. The van der Waals surface area contributed by atoms with Crippen molar-refractivity contribution in [3.63, 3.8) is 0 Å². The van der Waals surface area contributed by atoms with Gasteiger partial charge in [-0.1, -0.05) is 16.8 Å². The third kappa shape index (κ3) is 2.41. The zero-order valence-electron chi connectivity index (χ0n) is 8.16. The molecular weight excluding hydrogens is 233 g/mol. The Balaban J connectivity index is 2.23. The molecule has 0 unspecified atom stereocenters. The number of unbranched alkanes of at least 4 members (excludes halogenated alkanes) is 1. The maximum atomic E-state index is 5.92. The van der Waals surface area contributed by atoms with Gasteiger partial charge in [-0.05, 0) is 31.0 Å². The van der Waals surface area contributed by atoms with Crippen molar-refractivity contribution in [2.24, 2.45) is 0 Å². The molecule has 0 aliphatic carbocycles. The number of halogens is 2. The minimum Gasteiger partial charge on any atom is -0.245 e. The van der Waals surface area contributed by atoms with Crippen LogP contribution in [0, 0.1) is 0 Å². The van der Waals surface area contributed by atoms with Crippen LogP contribution in [0.3, 0.4) is 0 Å². The fraction of sp³-hybridized carbons (Fsp3) is 0.400. The molecule has 1 aromatic carbocycles. The van der Waals surface area contributed by atoms with Gasteiger partial charge >= 0.3 is 0 Å². The average molecular weight is 244 g/mol. The van der Waals surface area contributed by atoms with E-state index >= 15 is 0 Å². The zero-order valence-corrected chi connectivity index (χ0v) is 9.67. The summed E-state index contributed by atoms with van der Waals surface area (Å²) in [6.45, 7) is 0.837. The summed E-state index contributed by atoms with van der Waals surface area (Å²) in [5.74, 6) is 0.688. The number of nitrogens with zero attached hydrogens (tertiary/aromatic N) is 3. The summed E-state index contributed by atoms with van der Waals surface area (Å²) >= 11 is 11.5. The highest BCUT2D eigenvalue weighted by atomic mass is 35.5. The predicted octanol–water partition coefficient (Wildman–Crippen LogP) is 3.10. The molecule has 0 bridgehead atoms. The molecule has 1 heterocycles. The molecule has 0 aliphatic rings. The lowest BCUT2D eigenvalue weighted by molar-refractivity contribution is 0.569. The van der Waals surface area contributed by atoms with Crippen LogP contribution in [-0.2, 0) is 6.54 Å². The Kier molecular flexibility index (Phi) is 3.44. The van der Waals surface area contributed by atoms with E-state index in [-0.39, 0.29) is 0 Å². The quantitative estimate of drug-likeness (QED) is 0.611. The van der Waals surface area contributed by atoms with Crippen molar-refractivity contribution in [3.05, 3.63) is 23.2 Å². The summed E-state index contributed by atoms with van der Waals surface area (Å²) in [6.07, 6.45) is 2.00. The van der Waals surface area contributed by atoms with E-state index in [1.54, 1.807) is 0 Å². The molecule has 5 heteroatoms. The molecule has 0 saturated carbocycles. The van der Waals surface area contributed by atoms with E-state index in [4.69, 9.17) is 23.2 Å². The van der Waals surface area contributed by atoms with Crippen molar-refractivity contribution in [1.82, 2.24) is 15.0 Å². The van der Waals surface area contributed by atoms with Crippen molar-refractivity contribution >= 4 is 34.2 Å². The Hall–Kier alpha value is -0.800. The van der Waals surface area contributed by atoms with Crippen molar-refractivity contribution < 1.29 is 0 Å². The first-order chi connectivity index (χ1) is 7.31. The minimum atomic E-state index is 0.688. The monoisotopic (exact) mass is 243 g/mol. The molecule has 2 aromatic rings. The maximum absolute atomic E-state index is 5.92. The fourth-order valence-corrected chi connectivity index (χ4v) is 1.81. The lowest BCUT2D eigenvalue weighted by Crippen LogP contribution is -2.00. The van der Waals surface area contributed by atoms with Crippen LogP contribution in [-0.4, -0.2) is 20.9 Å². The number of aromatic nitrogens is 3. The van der Waals surface area contributed by atoms with Crippen LogP contribution >= 0.6 is 23.2 Å². The Morgan fingerprint density at radius 1 is 1.27 bits per heavy atom. The maximum Gasteiger partial charge on any atom is 0.113 e. The topological polar surface area (TPSA) is 30.7 Å². The fourth-order valence-electron chi connectivity index (χ4n) is 1.46. The molecule has 0 spiro atoms. The Morgan fingerprint density at radius 3 is 2.93 bits per heavy atom. The molecular formula is C10H11Cl2N3. The molecule has 3 nitrogen and oxygen atoms in total. The number of rotatable bonds is 4. The van der Waals surface area contributed by atoms with Crippen molar-refractivity contribution in [1.29, 1.82) is 0 Å². The van der Waals surface area contributed by atoms with E-state index in [1.807, 2.05) is 22.9 Å². The SMILES string of the molecule is ClCCCCn1nnc2ccc(Cl)cc21. The molecule has 0 atom stereocenters. The third-order valence-electron chi connectivity index (χ3n) is 2.23. The van der Waals surface area contributed by atoms with E-state index in [1.165, 1.54) is 0 Å². The van der Waals surface area contributed by atoms with Crippen molar-refractivity contribution in [3.8, 4) is 0 Å². The highest BCUT2D eigenvalue weighted by Crippen LogP contribution is 2.17. The molecule has 15 heavy (non-hydrogen) atoms. The van der Waals surface area contributed by atoms with Crippen LogP contribution in [0.15, 0.2) is 18.2 Å². The summed E-state index contributed by atoms with van der Waals surface area (Å²) in [6, 6.07) is 5.59. The van der Waals surface area contributed by atoms with E-state index in [9.17, 15) is 0 Å². The second-order valence-corrected chi connectivity index (χ2v) is 4.16. The van der Waals surface area contributed by atoms with Gasteiger partial charge in [-0.15, -0.1) is 16.7 Å². The number of fused-ring (bicyclic) bond motifs is 1. The molecule has 2 rings (SSSR count). The van der Waals surface area contributed by atoms with Gasteiger partial charge in [-0.25, -0.2) is 4.68 Å². The van der Waals surface area contributed by atoms with Gasteiger partial charge in [-0.3, -0.25) is 0 Å². The van der Waals surface area contributed by atoms with Crippen LogP contribution in [0.25, 0.3) is 11.0 Å². The Morgan fingerprint density at radius 2 is 2.13 bits per heavy atom. The molecule has 0 N–H and O–H groups in total. The van der Waals surface area contributed by atoms with Gasteiger partial charge in [0.1, 0.15) is 5.52 Å². The molecule has 0 saturated heterocycles. The second kappa shape index (κ2) is 4.81. The van der Waals surface area contributed by atoms with E-state index in [2.05, 4.69) is 10.3 Å². The highest BCUT2D eigenvalue weighted by molar-refractivity contribution is 6.31. The van der Waals surface area contributed by atoms with E-state index in [0.717, 1.165) is 30.4 Å². The van der Waals surface area contributed by atoms with Crippen LogP contribution < -0.4 is 0 Å². The Labute approximate surface area is 98.0 Å². The van der Waals surface area contributed by atoms with Crippen molar-refractivity contribution in [2.75, 3.05) is 5.88 Å². The number of aryl methyl sites for hydroxylation is 1. The average Bonchev–Trinajstić information content (AvgIpc) is 2.62. The molecule has 80 valence electrons. The molecule has 0 fully saturated rings. The smallest absolute Gasteiger partial charge is 0.113 e. The van der Waals surface area contributed by atoms with Gasteiger partial charge in [0.25, 0.3) is 0 Å². The van der Waals surface area contributed by atoms with Gasteiger partial charge in [0.15, 0.2) is 0 Å². The van der Waals surface area contributed by atoms with Gasteiger partial charge in [-0.2, -0.15) is 0 Å². The third-order valence-corrected chi connectivity index (χ3v) is 2.73. The van der Waals surface area contributed by atoms with Crippen LogP contribution in [0.4, 0.5) is 0 Å². The van der Waals surface area contributed by atoms with Crippen molar-refractivity contribution in [2.45, 2.75) is 19.4 Å². The van der Waals surface area contributed by atoms with Gasteiger partial charge < -0.3 is 0 Å². The lowest BCUT2D eigenvalue weighted by atomic mass is 10.3. The number of hydrogen-bond donors (Lipinski definition) is 0. The summed E-state index contributed by atoms with van der Waals surface area (Å²) in [4.78, 5) is 0. The molecule has 0 amide bonds. The number of hydrogen-bond acceptors (Lipinski definition) is 2. The first kappa shape index (κ1) is 10.7. The number of alkyl halides is 1. The largest absolute Gasteiger partial charge is 0.245 e. The molecule has 0 radical (unpaired) electrons. The van der Waals surface area contributed by atoms with E-state index in [0.29, 0.717) is 10.9 Å². The number of benzene rings is 1. The summed E-state index contributed by atoms with van der Waals surface area (Å²) in [5.41, 5.74) is 1.86. The predicted molar refractivity (Wildman–Crippen MR) is 62.5 cm³/mol. The summed E-state index contributed by atoms with van der Waals surface area (Å²) in [7, 11) is 0. The highest BCUT2D eigenvalue weighted by Gasteiger charge is 2.04. The van der Waals surface area contributed by atoms with Gasteiger partial charge in [0.05, 0.1) is 5.52 Å². The van der Waals surface area contributed by atoms with Gasteiger partial charge in [0, 0.05) is 17.4 Å². The van der Waals surface area contributed by atoms with E-state index < -0.39 is 0 Å². The first-order valence-corrected chi connectivity index (χ1v) is 5.77. The van der Waals surface area contributed by atoms with Crippen LogP contribution in [0.2, 0.25) is 5.02 Å². The normalized spacial score (nSPS) is 11.1. The standard InChI is InChI=1S/C10H11Cl2N3/c11-5-1-2-6-15-10-7-8(12)3-4-9(10)13-14-15/h3-4,7H,1-2,5-6H2.